The Bertz CT molecular complexity index is 569. The van der Waals surface area contributed by atoms with Gasteiger partial charge in [0.05, 0.1) is 5.41 Å². The van der Waals surface area contributed by atoms with Crippen LogP contribution in [0.5, 0.6) is 0 Å². The SMILES string of the molecule is Cc1ccccc1C1(C(=O)N2CC(CN)CC2C)CCCCC1.Cl. The molecule has 1 aliphatic carbocycles. The number of likely N-dealkylation sites (tertiary alicyclic amines) is 1. The van der Waals surface area contributed by atoms with Crippen molar-refractivity contribution < 1.29 is 4.79 Å². The minimum Gasteiger partial charge on any atom is -0.339 e. The lowest BCUT2D eigenvalue weighted by Gasteiger charge is -2.41. The van der Waals surface area contributed by atoms with E-state index in [1.54, 1.807) is 0 Å². The van der Waals surface area contributed by atoms with E-state index in [-0.39, 0.29) is 17.8 Å². The third-order valence-electron chi connectivity index (χ3n) is 6.03. The van der Waals surface area contributed by atoms with Gasteiger partial charge in [0.15, 0.2) is 0 Å². The van der Waals surface area contributed by atoms with Gasteiger partial charge in [0.25, 0.3) is 0 Å². The molecule has 2 unspecified atom stereocenters. The molecular weight excluding hydrogens is 320 g/mol. The van der Waals surface area contributed by atoms with Crippen LogP contribution in [0.3, 0.4) is 0 Å². The van der Waals surface area contributed by atoms with Crippen LogP contribution in [0, 0.1) is 12.8 Å². The molecule has 0 radical (unpaired) electrons. The summed E-state index contributed by atoms with van der Waals surface area (Å²) in [6.07, 6.45) is 6.60. The number of hydrogen-bond acceptors (Lipinski definition) is 2. The number of hydrogen-bond donors (Lipinski definition) is 1. The minimum absolute atomic E-state index is 0. The van der Waals surface area contributed by atoms with Crippen molar-refractivity contribution >= 4 is 18.3 Å². The minimum atomic E-state index is -0.304. The molecule has 134 valence electrons. The van der Waals surface area contributed by atoms with Crippen molar-refractivity contribution in [3.05, 3.63) is 35.4 Å². The quantitative estimate of drug-likeness (QED) is 0.900. The Balaban J connectivity index is 0.00000208. The first kappa shape index (κ1) is 19.3. The predicted octanol–water partition coefficient (Wildman–Crippen LogP) is 3.81. The highest BCUT2D eigenvalue weighted by atomic mass is 35.5. The Labute approximate surface area is 152 Å². The fraction of sp³-hybridized carbons (Fsp3) is 0.650. The number of nitrogens with two attached hydrogens (primary N) is 1. The van der Waals surface area contributed by atoms with Crippen molar-refractivity contribution in [3.8, 4) is 0 Å². The van der Waals surface area contributed by atoms with Gasteiger partial charge in [-0.1, -0.05) is 43.5 Å². The molecule has 2 atom stereocenters. The molecule has 1 heterocycles. The zero-order valence-corrected chi connectivity index (χ0v) is 15.8. The first-order chi connectivity index (χ1) is 11.1. The molecule has 2 aliphatic rings. The van der Waals surface area contributed by atoms with Crippen molar-refractivity contribution in [1.29, 1.82) is 0 Å². The predicted molar refractivity (Wildman–Crippen MR) is 102 cm³/mol. The Kier molecular flexibility index (Phi) is 6.33. The summed E-state index contributed by atoms with van der Waals surface area (Å²) in [4.78, 5) is 15.8. The van der Waals surface area contributed by atoms with E-state index in [0.29, 0.717) is 24.4 Å². The molecule has 1 aliphatic heterocycles. The third kappa shape index (κ3) is 3.34. The zero-order chi connectivity index (χ0) is 16.4. The van der Waals surface area contributed by atoms with Gasteiger partial charge < -0.3 is 10.6 Å². The summed E-state index contributed by atoms with van der Waals surface area (Å²) in [5.41, 5.74) is 8.07. The van der Waals surface area contributed by atoms with Gasteiger partial charge in [0.2, 0.25) is 5.91 Å². The van der Waals surface area contributed by atoms with E-state index in [0.717, 1.165) is 38.6 Å². The largest absolute Gasteiger partial charge is 0.339 e. The number of carbonyl (C=O) groups is 1. The molecule has 1 saturated heterocycles. The van der Waals surface area contributed by atoms with Gasteiger partial charge in [-0.05, 0) is 56.7 Å². The Morgan fingerprint density at radius 2 is 1.92 bits per heavy atom. The van der Waals surface area contributed by atoms with E-state index in [9.17, 15) is 4.79 Å². The van der Waals surface area contributed by atoms with Gasteiger partial charge >= 0.3 is 0 Å². The van der Waals surface area contributed by atoms with E-state index < -0.39 is 0 Å². The van der Waals surface area contributed by atoms with Crippen molar-refractivity contribution in [2.75, 3.05) is 13.1 Å². The number of carbonyl (C=O) groups excluding carboxylic acids is 1. The lowest BCUT2D eigenvalue weighted by atomic mass is 9.67. The zero-order valence-electron chi connectivity index (χ0n) is 15.0. The molecule has 0 spiro atoms. The molecule has 1 amide bonds. The van der Waals surface area contributed by atoms with Crippen LogP contribution in [0.25, 0.3) is 0 Å². The van der Waals surface area contributed by atoms with Gasteiger partial charge in [-0.2, -0.15) is 0 Å². The highest BCUT2D eigenvalue weighted by molar-refractivity contribution is 5.89. The molecule has 4 heteroatoms. The van der Waals surface area contributed by atoms with Crippen molar-refractivity contribution in [2.24, 2.45) is 11.7 Å². The van der Waals surface area contributed by atoms with Crippen LogP contribution in [0.4, 0.5) is 0 Å². The molecule has 1 aromatic rings. The Morgan fingerprint density at radius 3 is 2.50 bits per heavy atom. The van der Waals surface area contributed by atoms with Crippen LogP contribution in [-0.4, -0.2) is 29.9 Å². The van der Waals surface area contributed by atoms with Crippen LogP contribution in [-0.2, 0) is 10.2 Å². The van der Waals surface area contributed by atoms with Gasteiger partial charge in [-0.15, -0.1) is 12.4 Å². The van der Waals surface area contributed by atoms with Crippen LogP contribution in [0.15, 0.2) is 24.3 Å². The summed E-state index contributed by atoms with van der Waals surface area (Å²) >= 11 is 0. The van der Waals surface area contributed by atoms with E-state index >= 15 is 0 Å². The number of halogens is 1. The van der Waals surface area contributed by atoms with E-state index in [2.05, 4.69) is 43.0 Å². The summed E-state index contributed by atoms with van der Waals surface area (Å²) < 4.78 is 0. The van der Waals surface area contributed by atoms with Crippen molar-refractivity contribution in [3.63, 3.8) is 0 Å². The first-order valence-electron chi connectivity index (χ1n) is 9.16. The second-order valence-corrected chi connectivity index (χ2v) is 7.60. The topological polar surface area (TPSA) is 46.3 Å². The molecule has 0 bridgehead atoms. The average Bonchev–Trinajstić information content (AvgIpc) is 2.96. The standard InChI is InChI=1S/C20H30N2O.ClH/c1-15-8-4-5-9-18(15)20(10-6-3-7-11-20)19(23)22-14-17(13-21)12-16(22)2;/h4-5,8-9,16-17H,3,6-7,10-14,21H2,1-2H3;1H. The van der Waals surface area contributed by atoms with E-state index in [1.807, 2.05) is 0 Å². The highest BCUT2D eigenvalue weighted by Crippen LogP contribution is 2.43. The maximum Gasteiger partial charge on any atom is 0.233 e. The van der Waals surface area contributed by atoms with Crippen LogP contribution < -0.4 is 5.73 Å². The molecule has 0 aromatic heterocycles. The molecule has 2 fully saturated rings. The fourth-order valence-electron chi connectivity index (χ4n) is 4.73. The van der Waals surface area contributed by atoms with Crippen molar-refractivity contribution in [1.82, 2.24) is 4.90 Å². The van der Waals surface area contributed by atoms with Crippen LogP contribution in [0.1, 0.15) is 56.6 Å². The van der Waals surface area contributed by atoms with Crippen molar-refractivity contribution in [2.45, 2.75) is 63.8 Å². The Morgan fingerprint density at radius 1 is 1.25 bits per heavy atom. The lowest BCUT2D eigenvalue weighted by molar-refractivity contribution is -0.139. The van der Waals surface area contributed by atoms with Gasteiger partial charge in [0, 0.05) is 12.6 Å². The van der Waals surface area contributed by atoms with Gasteiger partial charge in [-0.3, -0.25) is 4.79 Å². The summed E-state index contributed by atoms with van der Waals surface area (Å²) in [5, 5.41) is 0. The lowest BCUT2D eigenvalue weighted by Crippen LogP contribution is -2.49. The number of nitrogens with zero attached hydrogens (tertiary/aromatic N) is 1. The van der Waals surface area contributed by atoms with Crippen LogP contribution in [0.2, 0.25) is 0 Å². The molecule has 3 nitrogen and oxygen atoms in total. The molecule has 1 saturated carbocycles. The number of amides is 1. The average molecular weight is 351 g/mol. The van der Waals surface area contributed by atoms with Gasteiger partial charge in [0.1, 0.15) is 0 Å². The normalized spacial score (nSPS) is 26.0. The smallest absolute Gasteiger partial charge is 0.233 e. The Hall–Kier alpha value is -1.06. The first-order valence-corrected chi connectivity index (χ1v) is 9.16. The second-order valence-electron chi connectivity index (χ2n) is 7.60. The summed E-state index contributed by atoms with van der Waals surface area (Å²) in [7, 11) is 0. The molecule has 3 rings (SSSR count). The van der Waals surface area contributed by atoms with E-state index in [1.165, 1.54) is 17.5 Å². The number of benzene rings is 1. The number of rotatable bonds is 3. The summed E-state index contributed by atoms with van der Waals surface area (Å²) in [5.74, 6) is 0.821. The second kappa shape index (κ2) is 7.88. The molecule has 24 heavy (non-hydrogen) atoms. The highest BCUT2D eigenvalue weighted by Gasteiger charge is 2.47. The van der Waals surface area contributed by atoms with Crippen LogP contribution >= 0.6 is 12.4 Å². The summed E-state index contributed by atoms with van der Waals surface area (Å²) in [6.45, 7) is 5.85. The third-order valence-corrected chi connectivity index (χ3v) is 6.03. The summed E-state index contributed by atoms with van der Waals surface area (Å²) in [6, 6.07) is 8.80. The number of aryl methyl sites for hydroxylation is 1. The maximum absolute atomic E-state index is 13.6. The maximum atomic E-state index is 13.6. The van der Waals surface area contributed by atoms with Gasteiger partial charge in [-0.25, -0.2) is 0 Å². The van der Waals surface area contributed by atoms with E-state index in [4.69, 9.17) is 5.73 Å². The fourth-order valence-corrected chi connectivity index (χ4v) is 4.73. The molecule has 2 N–H and O–H groups in total. The molecule has 1 aromatic carbocycles. The monoisotopic (exact) mass is 350 g/mol. The molecular formula is C20H31ClN2O.